The fourth-order valence-electron chi connectivity index (χ4n) is 0.450. The molecule has 3 heteroatoms. The summed E-state index contributed by atoms with van der Waals surface area (Å²) < 4.78 is 0. The van der Waals surface area contributed by atoms with Gasteiger partial charge in [0.15, 0.2) is 0 Å². The van der Waals surface area contributed by atoms with Crippen LogP contribution in [0.4, 0.5) is 0 Å². The van der Waals surface area contributed by atoms with Crippen molar-refractivity contribution in [2.75, 3.05) is 11.5 Å². The van der Waals surface area contributed by atoms with Crippen molar-refractivity contribution >= 4 is 11.8 Å². The van der Waals surface area contributed by atoms with Gasteiger partial charge in [-0.1, -0.05) is 12.2 Å². The van der Waals surface area contributed by atoms with Crippen molar-refractivity contribution in [1.29, 1.82) is 0 Å². The summed E-state index contributed by atoms with van der Waals surface area (Å²) in [5.41, 5.74) is 0. The second-order valence-corrected chi connectivity index (χ2v) is 2.95. The van der Waals surface area contributed by atoms with Gasteiger partial charge in [0.05, 0.1) is 6.33 Å². The smallest absolute Gasteiger partial charge is 0.0919 e. The van der Waals surface area contributed by atoms with Gasteiger partial charge >= 0.3 is 0 Å². The monoisotopic (exact) mass is 182 g/mol. The Morgan fingerprint density at radius 1 is 1.33 bits per heavy atom. The minimum absolute atomic E-state index is 1.03. The Kier molecular flexibility index (Phi) is 9.24. The zero-order valence-electron chi connectivity index (χ0n) is 7.07. The second-order valence-electron chi connectivity index (χ2n) is 1.88. The third-order valence-electron chi connectivity index (χ3n) is 0.877. The Morgan fingerprint density at radius 3 is 2.25 bits per heavy atom. The van der Waals surface area contributed by atoms with Crippen molar-refractivity contribution in [2.24, 2.45) is 0 Å². The van der Waals surface area contributed by atoms with Crippen molar-refractivity contribution in [3.63, 3.8) is 0 Å². The zero-order valence-corrected chi connectivity index (χ0v) is 7.89. The summed E-state index contributed by atoms with van der Waals surface area (Å²) in [7, 11) is 0. The van der Waals surface area contributed by atoms with Crippen LogP contribution in [-0.4, -0.2) is 21.5 Å². The van der Waals surface area contributed by atoms with Crippen molar-refractivity contribution in [2.45, 2.75) is 0 Å². The van der Waals surface area contributed by atoms with Gasteiger partial charge in [0.25, 0.3) is 0 Å². The van der Waals surface area contributed by atoms with E-state index in [9.17, 15) is 0 Å². The third-order valence-corrected chi connectivity index (χ3v) is 1.82. The van der Waals surface area contributed by atoms with E-state index < -0.39 is 0 Å². The first-order valence-electron chi connectivity index (χ1n) is 3.64. The molecule has 0 radical (unpaired) electrons. The standard InChI is InChI=1S/C6H10S.C3H4N2/c1-3-5-7-6-4-2;1-2-5-3-4-1/h3-4H,1-2,5-6H2;1-3H,(H,4,5). The number of aromatic nitrogens is 2. The molecule has 0 aliphatic carbocycles. The van der Waals surface area contributed by atoms with Crippen LogP contribution in [0.5, 0.6) is 0 Å². The molecule has 0 aromatic carbocycles. The molecule has 1 aromatic rings. The van der Waals surface area contributed by atoms with E-state index in [4.69, 9.17) is 0 Å². The quantitative estimate of drug-likeness (QED) is 0.572. The fourth-order valence-corrected chi connectivity index (χ4v) is 0.919. The largest absolute Gasteiger partial charge is 0.351 e. The Hall–Kier alpha value is -0.960. The number of aromatic amines is 1. The second kappa shape index (κ2) is 10.0. The van der Waals surface area contributed by atoms with Gasteiger partial charge in [-0.15, -0.1) is 13.2 Å². The van der Waals surface area contributed by atoms with E-state index in [1.165, 1.54) is 0 Å². The number of hydrogen-bond acceptors (Lipinski definition) is 2. The van der Waals surface area contributed by atoms with Crippen LogP contribution in [0, 0.1) is 0 Å². The summed E-state index contributed by atoms with van der Waals surface area (Å²) in [5, 5.41) is 0. The van der Waals surface area contributed by atoms with E-state index >= 15 is 0 Å². The summed E-state index contributed by atoms with van der Waals surface area (Å²) in [6.07, 6.45) is 8.88. The highest BCUT2D eigenvalue weighted by molar-refractivity contribution is 7.99. The molecule has 66 valence electrons. The number of thioether (sulfide) groups is 1. The molecule has 2 nitrogen and oxygen atoms in total. The van der Waals surface area contributed by atoms with Crippen LogP contribution in [-0.2, 0) is 0 Å². The van der Waals surface area contributed by atoms with Gasteiger partial charge in [-0.2, -0.15) is 11.8 Å². The van der Waals surface area contributed by atoms with E-state index in [-0.39, 0.29) is 0 Å². The van der Waals surface area contributed by atoms with Gasteiger partial charge in [0.2, 0.25) is 0 Å². The lowest BCUT2D eigenvalue weighted by Crippen LogP contribution is -1.69. The molecule has 0 spiro atoms. The maximum absolute atomic E-state index is 3.67. The van der Waals surface area contributed by atoms with Crippen LogP contribution in [0.1, 0.15) is 0 Å². The molecule has 12 heavy (non-hydrogen) atoms. The van der Waals surface area contributed by atoms with Crippen molar-refractivity contribution in [3.05, 3.63) is 44.0 Å². The van der Waals surface area contributed by atoms with E-state index in [1.807, 2.05) is 23.9 Å². The van der Waals surface area contributed by atoms with E-state index in [0.29, 0.717) is 0 Å². The summed E-state index contributed by atoms with van der Waals surface area (Å²) in [5.74, 6) is 2.07. The van der Waals surface area contributed by atoms with Crippen molar-refractivity contribution in [3.8, 4) is 0 Å². The van der Waals surface area contributed by atoms with Crippen LogP contribution >= 0.6 is 11.8 Å². The highest BCUT2D eigenvalue weighted by Crippen LogP contribution is 1.97. The van der Waals surface area contributed by atoms with Crippen LogP contribution in [0.15, 0.2) is 44.0 Å². The highest BCUT2D eigenvalue weighted by Gasteiger charge is 1.73. The molecule has 1 rings (SSSR count). The minimum Gasteiger partial charge on any atom is -0.351 e. The molecule has 0 unspecified atom stereocenters. The van der Waals surface area contributed by atoms with Crippen molar-refractivity contribution < 1.29 is 0 Å². The average molecular weight is 182 g/mol. The maximum Gasteiger partial charge on any atom is 0.0919 e. The van der Waals surface area contributed by atoms with Gasteiger partial charge in [-0.25, -0.2) is 4.98 Å². The molecule has 1 heterocycles. The van der Waals surface area contributed by atoms with Gasteiger partial charge in [0, 0.05) is 23.9 Å². The normalized spacial score (nSPS) is 8.00. The number of nitrogens with one attached hydrogen (secondary N) is 1. The zero-order chi connectivity index (χ0) is 9.07. The van der Waals surface area contributed by atoms with Crippen LogP contribution in [0.25, 0.3) is 0 Å². The van der Waals surface area contributed by atoms with Gasteiger partial charge in [-0.05, 0) is 0 Å². The molecule has 0 aliphatic rings. The molecule has 1 aromatic heterocycles. The average Bonchev–Trinajstić information content (AvgIpc) is 2.62. The first kappa shape index (κ1) is 11.0. The predicted octanol–water partition coefficient (Wildman–Crippen LogP) is 2.50. The molecule has 0 saturated heterocycles. The Balaban J connectivity index is 0.000000211. The van der Waals surface area contributed by atoms with E-state index in [1.54, 1.807) is 18.7 Å². The molecule has 0 aliphatic heterocycles. The van der Waals surface area contributed by atoms with E-state index in [2.05, 4.69) is 23.1 Å². The van der Waals surface area contributed by atoms with Gasteiger partial charge in [0.1, 0.15) is 0 Å². The lowest BCUT2D eigenvalue weighted by atomic mass is 10.8. The predicted molar refractivity (Wildman–Crippen MR) is 56.3 cm³/mol. The Labute approximate surface area is 77.8 Å². The topological polar surface area (TPSA) is 28.7 Å². The molecule has 0 saturated carbocycles. The minimum atomic E-state index is 1.03. The third kappa shape index (κ3) is 9.04. The Morgan fingerprint density at radius 2 is 2.00 bits per heavy atom. The maximum atomic E-state index is 3.67. The van der Waals surface area contributed by atoms with Crippen molar-refractivity contribution in [1.82, 2.24) is 9.97 Å². The van der Waals surface area contributed by atoms with Gasteiger partial charge < -0.3 is 4.98 Å². The SMILES string of the molecule is C=CCSCC=C.c1c[nH]cn1. The number of rotatable bonds is 4. The first-order valence-corrected chi connectivity index (χ1v) is 4.79. The molecular formula is C9H14N2S. The highest BCUT2D eigenvalue weighted by atomic mass is 32.2. The summed E-state index contributed by atoms with van der Waals surface area (Å²) in [4.78, 5) is 6.42. The van der Waals surface area contributed by atoms with E-state index in [0.717, 1.165) is 11.5 Å². The summed E-state index contributed by atoms with van der Waals surface area (Å²) in [6, 6.07) is 0. The number of hydrogen-bond donors (Lipinski definition) is 1. The molecule has 0 atom stereocenters. The molecular weight excluding hydrogens is 168 g/mol. The lowest BCUT2D eigenvalue weighted by molar-refractivity contribution is 1.31. The Bertz CT molecular complexity index is 157. The summed E-state index contributed by atoms with van der Waals surface area (Å²) in [6.45, 7) is 7.15. The number of nitrogens with zero attached hydrogens (tertiary/aromatic N) is 1. The molecule has 1 N–H and O–H groups in total. The molecule has 0 fully saturated rings. The van der Waals surface area contributed by atoms with Crippen LogP contribution in [0.3, 0.4) is 0 Å². The molecule has 0 amide bonds. The molecule has 0 bridgehead atoms. The number of imidazole rings is 1. The van der Waals surface area contributed by atoms with Gasteiger partial charge in [-0.3, -0.25) is 0 Å². The van der Waals surface area contributed by atoms with Crippen LogP contribution in [0.2, 0.25) is 0 Å². The lowest BCUT2D eigenvalue weighted by Gasteiger charge is -1.85. The fraction of sp³-hybridized carbons (Fsp3) is 0.222. The summed E-state index contributed by atoms with van der Waals surface area (Å²) >= 11 is 1.82. The first-order chi connectivity index (χ1) is 5.91. The van der Waals surface area contributed by atoms with Crippen LogP contribution < -0.4 is 0 Å². The number of H-pyrrole nitrogens is 1.